The molecular weight excluding hydrogens is 260 g/mol. The highest BCUT2D eigenvalue weighted by atomic mass is 15.1. The van der Waals surface area contributed by atoms with Crippen LogP contribution in [-0.2, 0) is 13.5 Å². The lowest BCUT2D eigenvalue weighted by molar-refractivity contribution is 0.472. The Kier molecular flexibility index (Phi) is 5.59. The number of nitrogens with zero attached hydrogens (tertiary/aromatic N) is 3. The number of imidazole rings is 1. The highest BCUT2D eigenvalue weighted by Gasteiger charge is 2.09. The molecule has 2 heterocycles. The first-order valence-electron chi connectivity index (χ1n) is 8.25. The average Bonchev–Trinajstić information content (AvgIpc) is 2.83. The Morgan fingerprint density at radius 3 is 2.67 bits per heavy atom. The molecule has 0 aliphatic rings. The molecule has 21 heavy (non-hydrogen) atoms. The predicted molar refractivity (Wildman–Crippen MR) is 89.7 cm³/mol. The van der Waals surface area contributed by atoms with Gasteiger partial charge in [-0.2, -0.15) is 0 Å². The van der Waals surface area contributed by atoms with Gasteiger partial charge in [-0.05, 0) is 24.5 Å². The lowest BCUT2D eigenvalue weighted by Crippen LogP contribution is -2.14. The van der Waals surface area contributed by atoms with E-state index in [9.17, 15) is 0 Å². The van der Waals surface area contributed by atoms with Crippen molar-refractivity contribution in [3.8, 4) is 0 Å². The second-order valence-corrected chi connectivity index (χ2v) is 5.78. The van der Waals surface area contributed by atoms with E-state index in [1.807, 2.05) is 13.1 Å². The minimum atomic E-state index is 0.736. The number of aryl methyl sites for hydroxylation is 2. The van der Waals surface area contributed by atoms with Crippen molar-refractivity contribution in [3.63, 3.8) is 0 Å². The third-order valence-corrected chi connectivity index (χ3v) is 4.24. The van der Waals surface area contributed by atoms with Gasteiger partial charge in [0.2, 0.25) is 0 Å². The maximum Gasteiger partial charge on any atom is 0.162 e. The molecular formula is C17H28N4. The minimum Gasteiger partial charge on any atom is -0.370 e. The van der Waals surface area contributed by atoms with Crippen LogP contribution in [-0.4, -0.2) is 21.1 Å². The van der Waals surface area contributed by atoms with Gasteiger partial charge in [-0.15, -0.1) is 0 Å². The molecule has 2 aromatic rings. The molecule has 0 bridgehead atoms. The number of hydrogen-bond acceptors (Lipinski definition) is 3. The van der Waals surface area contributed by atoms with Crippen LogP contribution in [0.3, 0.4) is 0 Å². The lowest BCUT2D eigenvalue weighted by Gasteiger charge is -2.15. The number of pyridine rings is 1. The Morgan fingerprint density at radius 1 is 1.19 bits per heavy atom. The second kappa shape index (κ2) is 7.43. The summed E-state index contributed by atoms with van der Waals surface area (Å²) in [6.45, 7) is 7.66. The summed E-state index contributed by atoms with van der Waals surface area (Å²) in [5.74, 6) is 2.78. The van der Waals surface area contributed by atoms with Crippen LogP contribution in [0.15, 0.2) is 12.1 Å². The van der Waals surface area contributed by atoms with Crippen molar-refractivity contribution in [1.29, 1.82) is 0 Å². The first-order valence-corrected chi connectivity index (χ1v) is 8.25. The summed E-state index contributed by atoms with van der Waals surface area (Å²) >= 11 is 0. The topological polar surface area (TPSA) is 42.7 Å². The molecule has 4 nitrogen and oxygen atoms in total. The summed E-state index contributed by atoms with van der Waals surface area (Å²) in [6, 6.07) is 4.11. The summed E-state index contributed by atoms with van der Waals surface area (Å²) in [7, 11) is 2.04. The number of aromatic nitrogens is 3. The normalized spacial score (nSPS) is 12.8. The van der Waals surface area contributed by atoms with E-state index in [1.165, 1.54) is 25.7 Å². The van der Waals surface area contributed by atoms with E-state index in [2.05, 4.69) is 41.7 Å². The van der Waals surface area contributed by atoms with Gasteiger partial charge in [0.1, 0.15) is 17.2 Å². The van der Waals surface area contributed by atoms with E-state index in [-0.39, 0.29) is 0 Å². The fraction of sp³-hybridized carbons (Fsp3) is 0.647. The summed E-state index contributed by atoms with van der Waals surface area (Å²) in [5.41, 5.74) is 1.95. The van der Waals surface area contributed by atoms with E-state index in [4.69, 9.17) is 4.98 Å². The van der Waals surface area contributed by atoms with Crippen molar-refractivity contribution in [2.45, 2.75) is 52.9 Å². The van der Waals surface area contributed by atoms with E-state index >= 15 is 0 Å². The summed E-state index contributed by atoms with van der Waals surface area (Å²) < 4.78 is 2.09. The SMILES string of the molecule is CCCCC(CC)CNc1ccc2nc(CC)n(C)c2n1. The fourth-order valence-corrected chi connectivity index (χ4v) is 2.72. The molecule has 0 radical (unpaired) electrons. The largest absolute Gasteiger partial charge is 0.370 e. The zero-order valence-electron chi connectivity index (χ0n) is 13.8. The summed E-state index contributed by atoms with van der Waals surface area (Å²) in [6.07, 6.45) is 6.04. The molecule has 0 saturated heterocycles. The van der Waals surface area contributed by atoms with Crippen molar-refractivity contribution < 1.29 is 0 Å². The molecule has 116 valence electrons. The molecule has 0 aliphatic heterocycles. The van der Waals surface area contributed by atoms with Gasteiger partial charge in [-0.25, -0.2) is 9.97 Å². The van der Waals surface area contributed by atoms with Gasteiger partial charge in [-0.3, -0.25) is 0 Å². The number of nitrogens with one attached hydrogen (secondary N) is 1. The minimum absolute atomic E-state index is 0.736. The first kappa shape index (κ1) is 15.8. The quantitative estimate of drug-likeness (QED) is 0.793. The third-order valence-electron chi connectivity index (χ3n) is 4.24. The van der Waals surface area contributed by atoms with Gasteiger partial charge in [0.25, 0.3) is 0 Å². The van der Waals surface area contributed by atoms with E-state index in [0.717, 1.165) is 41.7 Å². The fourth-order valence-electron chi connectivity index (χ4n) is 2.72. The molecule has 0 fully saturated rings. The predicted octanol–water partition coefficient (Wildman–Crippen LogP) is 4.16. The van der Waals surface area contributed by atoms with Gasteiger partial charge in [-0.1, -0.05) is 40.0 Å². The van der Waals surface area contributed by atoms with Gasteiger partial charge in [0, 0.05) is 20.0 Å². The molecule has 1 N–H and O–H groups in total. The van der Waals surface area contributed by atoms with Crippen molar-refractivity contribution in [3.05, 3.63) is 18.0 Å². The Labute approximate surface area is 128 Å². The molecule has 4 heteroatoms. The Balaban J connectivity index is 2.06. The van der Waals surface area contributed by atoms with Gasteiger partial charge < -0.3 is 9.88 Å². The maximum atomic E-state index is 4.72. The Bertz CT molecular complexity index is 573. The van der Waals surface area contributed by atoms with Gasteiger partial charge in [0.15, 0.2) is 5.65 Å². The summed E-state index contributed by atoms with van der Waals surface area (Å²) in [4.78, 5) is 9.32. The zero-order valence-corrected chi connectivity index (χ0v) is 13.8. The van der Waals surface area contributed by atoms with E-state index < -0.39 is 0 Å². The standard InChI is InChI=1S/C17H28N4/c1-5-8-9-13(6-2)12-18-15-11-10-14-17(20-15)21(4)16(7-3)19-14/h10-11,13H,5-9,12H2,1-4H3,(H,18,20). The van der Waals surface area contributed by atoms with Crippen molar-refractivity contribution in [2.75, 3.05) is 11.9 Å². The van der Waals surface area contributed by atoms with Crippen LogP contribution in [0.1, 0.15) is 52.3 Å². The van der Waals surface area contributed by atoms with E-state index in [0.29, 0.717) is 0 Å². The Morgan fingerprint density at radius 2 is 2.00 bits per heavy atom. The van der Waals surface area contributed by atoms with Crippen LogP contribution in [0, 0.1) is 5.92 Å². The van der Waals surface area contributed by atoms with Crippen LogP contribution in [0.5, 0.6) is 0 Å². The van der Waals surface area contributed by atoms with E-state index in [1.54, 1.807) is 0 Å². The number of fused-ring (bicyclic) bond motifs is 1. The number of rotatable bonds is 8. The first-order chi connectivity index (χ1) is 10.2. The molecule has 0 spiro atoms. The van der Waals surface area contributed by atoms with Crippen LogP contribution in [0.2, 0.25) is 0 Å². The smallest absolute Gasteiger partial charge is 0.162 e. The highest BCUT2D eigenvalue weighted by Crippen LogP contribution is 2.18. The number of hydrogen-bond donors (Lipinski definition) is 1. The second-order valence-electron chi connectivity index (χ2n) is 5.78. The molecule has 1 unspecified atom stereocenters. The maximum absolute atomic E-state index is 4.72. The molecule has 0 aromatic carbocycles. The lowest BCUT2D eigenvalue weighted by atomic mass is 9.99. The van der Waals surface area contributed by atoms with Crippen LogP contribution in [0.25, 0.3) is 11.2 Å². The van der Waals surface area contributed by atoms with Crippen molar-refractivity contribution >= 4 is 17.0 Å². The van der Waals surface area contributed by atoms with Crippen LogP contribution < -0.4 is 5.32 Å². The Hall–Kier alpha value is -1.58. The van der Waals surface area contributed by atoms with Gasteiger partial charge >= 0.3 is 0 Å². The molecule has 2 rings (SSSR count). The zero-order chi connectivity index (χ0) is 15.2. The molecule has 0 amide bonds. The monoisotopic (exact) mass is 288 g/mol. The third kappa shape index (κ3) is 3.74. The number of anilines is 1. The number of unbranched alkanes of at least 4 members (excludes halogenated alkanes) is 1. The van der Waals surface area contributed by atoms with Crippen molar-refractivity contribution in [2.24, 2.45) is 13.0 Å². The summed E-state index contributed by atoms with van der Waals surface area (Å²) in [5, 5.41) is 3.50. The van der Waals surface area contributed by atoms with Gasteiger partial charge in [0.05, 0.1) is 0 Å². The highest BCUT2D eigenvalue weighted by molar-refractivity contribution is 5.73. The molecule has 2 aromatic heterocycles. The molecule has 1 atom stereocenters. The van der Waals surface area contributed by atoms with Crippen LogP contribution in [0.4, 0.5) is 5.82 Å². The molecule has 0 aliphatic carbocycles. The van der Waals surface area contributed by atoms with Crippen molar-refractivity contribution in [1.82, 2.24) is 14.5 Å². The average molecular weight is 288 g/mol. The molecule has 0 saturated carbocycles. The van der Waals surface area contributed by atoms with Crippen LogP contribution >= 0.6 is 0 Å².